The minimum atomic E-state index is -0.167. The van der Waals surface area contributed by atoms with Crippen LogP contribution in [0.4, 0.5) is 11.4 Å². The highest BCUT2D eigenvalue weighted by atomic mass is 16.2. The standard InChI is InChI=1S/C39H60N8O2/c1-3-5-7-9-11-16-24-44-26-27-45(38(44)40)30-36(48)42-33-20-22-34(23-21-33)43-37(49)31-46-29-35(28-32-18-14-13-15-19-32)47(39(46)41)25-17-12-10-8-6-4-2/h13-15,18-23,35,40-41H,3-12,16-17,24-31H2,1-2H3,(H,42,48)(H,43,49). The second-order valence-electron chi connectivity index (χ2n) is 13.7. The third-order valence-electron chi connectivity index (χ3n) is 9.65. The molecule has 0 bridgehead atoms. The molecular weight excluding hydrogens is 612 g/mol. The second-order valence-corrected chi connectivity index (χ2v) is 13.7. The summed E-state index contributed by atoms with van der Waals surface area (Å²) in [5, 5.41) is 23.4. The van der Waals surface area contributed by atoms with Crippen LogP contribution in [-0.4, -0.2) is 95.2 Å². The number of anilines is 2. The summed E-state index contributed by atoms with van der Waals surface area (Å²) in [6.07, 6.45) is 15.4. The van der Waals surface area contributed by atoms with E-state index >= 15 is 0 Å². The lowest BCUT2D eigenvalue weighted by Crippen LogP contribution is -2.39. The van der Waals surface area contributed by atoms with Gasteiger partial charge in [0, 0.05) is 44.1 Å². The molecule has 0 aliphatic carbocycles. The number of unbranched alkanes of at least 4 members (excludes halogenated alkanes) is 10. The molecule has 2 aromatic rings. The fraction of sp³-hybridized carbons (Fsp3) is 0.590. The van der Waals surface area contributed by atoms with Crippen molar-refractivity contribution < 1.29 is 9.59 Å². The lowest BCUT2D eigenvalue weighted by Gasteiger charge is -2.25. The minimum Gasteiger partial charge on any atom is -0.341 e. The third kappa shape index (κ3) is 12.4. The zero-order valence-corrected chi connectivity index (χ0v) is 30.0. The van der Waals surface area contributed by atoms with E-state index in [-0.39, 0.29) is 30.9 Å². The summed E-state index contributed by atoms with van der Waals surface area (Å²) < 4.78 is 0. The first-order valence-corrected chi connectivity index (χ1v) is 18.8. The van der Waals surface area contributed by atoms with Crippen LogP contribution >= 0.6 is 0 Å². The van der Waals surface area contributed by atoms with Gasteiger partial charge in [-0.1, -0.05) is 108 Å². The number of amides is 2. The van der Waals surface area contributed by atoms with Crippen LogP contribution in [0.3, 0.4) is 0 Å². The Hall–Kier alpha value is -4.08. The number of nitrogens with zero attached hydrogens (tertiary/aromatic N) is 4. The summed E-state index contributed by atoms with van der Waals surface area (Å²) >= 11 is 0. The van der Waals surface area contributed by atoms with Gasteiger partial charge < -0.3 is 30.2 Å². The molecule has 0 spiro atoms. The highest BCUT2D eigenvalue weighted by Gasteiger charge is 2.35. The molecule has 1 atom stereocenters. The van der Waals surface area contributed by atoms with Crippen molar-refractivity contribution in [1.82, 2.24) is 19.6 Å². The van der Waals surface area contributed by atoms with Gasteiger partial charge in [0.25, 0.3) is 0 Å². The molecule has 2 amide bonds. The first-order chi connectivity index (χ1) is 23.9. The van der Waals surface area contributed by atoms with E-state index in [1.165, 1.54) is 69.8 Å². The van der Waals surface area contributed by atoms with Crippen molar-refractivity contribution in [3.05, 3.63) is 60.2 Å². The Kier molecular flexibility index (Phi) is 15.7. The lowest BCUT2D eigenvalue weighted by atomic mass is 10.0. The molecule has 0 saturated carbocycles. The Morgan fingerprint density at radius 2 is 1.14 bits per heavy atom. The van der Waals surface area contributed by atoms with Gasteiger partial charge in [0.1, 0.15) is 13.1 Å². The third-order valence-corrected chi connectivity index (χ3v) is 9.65. The van der Waals surface area contributed by atoms with Crippen LogP contribution in [0, 0.1) is 10.8 Å². The zero-order valence-electron chi connectivity index (χ0n) is 30.0. The molecule has 0 aromatic heterocycles. The second kappa shape index (κ2) is 20.4. The molecule has 2 fully saturated rings. The molecule has 2 heterocycles. The summed E-state index contributed by atoms with van der Waals surface area (Å²) in [6, 6.07) is 17.7. The Bertz CT molecular complexity index is 1320. The van der Waals surface area contributed by atoms with Gasteiger partial charge in [-0.25, -0.2) is 0 Å². The number of benzene rings is 2. The molecule has 1 unspecified atom stereocenters. The van der Waals surface area contributed by atoms with E-state index in [2.05, 4.69) is 58.5 Å². The maximum atomic E-state index is 13.1. The number of nitrogens with one attached hydrogen (secondary N) is 4. The van der Waals surface area contributed by atoms with Crippen LogP contribution in [0.15, 0.2) is 54.6 Å². The molecule has 2 aromatic carbocycles. The molecule has 2 aliphatic heterocycles. The van der Waals surface area contributed by atoms with Crippen LogP contribution in [0.5, 0.6) is 0 Å². The van der Waals surface area contributed by atoms with E-state index in [1.54, 1.807) is 24.3 Å². The van der Waals surface area contributed by atoms with Crippen molar-refractivity contribution >= 4 is 35.1 Å². The fourth-order valence-corrected chi connectivity index (χ4v) is 6.84. The quantitative estimate of drug-likeness (QED) is 0.100. The predicted molar refractivity (Wildman–Crippen MR) is 201 cm³/mol. The molecule has 49 heavy (non-hydrogen) atoms. The first kappa shape index (κ1) is 37.7. The van der Waals surface area contributed by atoms with Gasteiger partial charge in [-0.15, -0.1) is 0 Å². The van der Waals surface area contributed by atoms with E-state index in [0.717, 1.165) is 38.9 Å². The van der Waals surface area contributed by atoms with Crippen molar-refractivity contribution in [2.24, 2.45) is 0 Å². The van der Waals surface area contributed by atoms with E-state index in [1.807, 2.05) is 15.9 Å². The number of rotatable bonds is 22. The molecule has 2 saturated heterocycles. The summed E-state index contributed by atoms with van der Waals surface area (Å²) in [5.41, 5.74) is 2.54. The molecule has 268 valence electrons. The van der Waals surface area contributed by atoms with Gasteiger partial charge in [0.15, 0.2) is 11.9 Å². The average Bonchev–Trinajstić information content (AvgIpc) is 3.58. The monoisotopic (exact) mass is 672 g/mol. The number of carbonyl (C=O) groups is 2. The molecule has 4 rings (SSSR count). The molecule has 10 nitrogen and oxygen atoms in total. The molecule has 10 heteroatoms. The summed E-state index contributed by atoms with van der Waals surface area (Å²) in [5.74, 6) is 0.537. The zero-order chi connectivity index (χ0) is 34.8. The number of hydrogen-bond acceptors (Lipinski definition) is 4. The summed E-state index contributed by atoms with van der Waals surface area (Å²) in [6.45, 7) is 8.55. The highest BCUT2D eigenvalue weighted by molar-refractivity contribution is 5.97. The van der Waals surface area contributed by atoms with Crippen LogP contribution < -0.4 is 10.6 Å². The van der Waals surface area contributed by atoms with E-state index in [4.69, 9.17) is 10.8 Å². The lowest BCUT2D eigenvalue weighted by molar-refractivity contribution is -0.117. The van der Waals surface area contributed by atoms with Crippen molar-refractivity contribution in [2.75, 3.05) is 56.4 Å². The molecule has 2 aliphatic rings. The Morgan fingerprint density at radius 1 is 0.633 bits per heavy atom. The highest BCUT2D eigenvalue weighted by Crippen LogP contribution is 2.22. The molecular formula is C39H60N8O2. The topological polar surface area (TPSA) is 119 Å². The van der Waals surface area contributed by atoms with Crippen molar-refractivity contribution in [2.45, 2.75) is 103 Å². The largest absolute Gasteiger partial charge is 0.341 e. The maximum absolute atomic E-state index is 13.1. The van der Waals surface area contributed by atoms with Gasteiger partial charge in [-0.05, 0) is 49.1 Å². The smallest absolute Gasteiger partial charge is 0.244 e. The first-order valence-electron chi connectivity index (χ1n) is 18.8. The minimum absolute atomic E-state index is 0.118. The van der Waals surface area contributed by atoms with E-state index in [9.17, 15) is 9.59 Å². The molecule has 4 N–H and O–H groups in total. The Morgan fingerprint density at radius 3 is 1.73 bits per heavy atom. The van der Waals surface area contributed by atoms with E-state index in [0.29, 0.717) is 36.4 Å². The Balaban J connectivity index is 1.21. The molecule has 0 radical (unpaired) electrons. The normalized spacial score (nSPS) is 16.2. The van der Waals surface area contributed by atoms with Gasteiger partial charge in [0.05, 0.1) is 6.04 Å². The van der Waals surface area contributed by atoms with Crippen LogP contribution in [0.2, 0.25) is 0 Å². The average molecular weight is 673 g/mol. The number of carbonyl (C=O) groups excluding carboxylic acids is 2. The summed E-state index contributed by atoms with van der Waals surface area (Å²) in [7, 11) is 0. The maximum Gasteiger partial charge on any atom is 0.244 e. The van der Waals surface area contributed by atoms with E-state index < -0.39 is 0 Å². The van der Waals surface area contributed by atoms with Crippen LogP contribution in [0.1, 0.15) is 96.5 Å². The number of guanidine groups is 2. The van der Waals surface area contributed by atoms with Gasteiger partial charge in [-0.3, -0.25) is 20.4 Å². The summed E-state index contributed by atoms with van der Waals surface area (Å²) in [4.78, 5) is 33.9. The number of hydrogen-bond donors (Lipinski definition) is 4. The van der Waals surface area contributed by atoms with Gasteiger partial charge in [-0.2, -0.15) is 0 Å². The van der Waals surface area contributed by atoms with Crippen molar-refractivity contribution in [1.29, 1.82) is 10.8 Å². The SMILES string of the molecule is CCCCCCCCN1CCN(CC(=O)Nc2ccc(NC(=O)CN3CC(Cc4ccccc4)N(CCCCCCCC)C3=N)cc2)C1=N. The van der Waals surface area contributed by atoms with Crippen molar-refractivity contribution in [3.8, 4) is 0 Å². The van der Waals surface area contributed by atoms with Crippen molar-refractivity contribution in [3.63, 3.8) is 0 Å². The van der Waals surface area contributed by atoms with Crippen LogP contribution in [0.25, 0.3) is 0 Å². The van der Waals surface area contributed by atoms with Gasteiger partial charge >= 0.3 is 0 Å². The van der Waals surface area contributed by atoms with Gasteiger partial charge in [0.2, 0.25) is 11.8 Å². The van der Waals surface area contributed by atoms with Crippen LogP contribution in [-0.2, 0) is 16.0 Å². The predicted octanol–water partition coefficient (Wildman–Crippen LogP) is 7.00. The fourth-order valence-electron chi connectivity index (χ4n) is 6.84. The Labute approximate surface area is 294 Å².